The standard InChI is InChI=1S/C21H18.C4H10/c1-2-8-16-14-21(13-15(16)7-1)19-11-5-3-9-17(19)18-10-4-6-12-20(18)21;1-4(2)3/h1-12,15-16H,13-14H2;4H,1-3H3. The third-order valence-electron chi connectivity index (χ3n) is 5.72. The Morgan fingerprint density at radius 3 is 1.56 bits per heavy atom. The van der Waals surface area contributed by atoms with Crippen molar-refractivity contribution in [3.63, 3.8) is 0 Å². The van der Waals surface area contributed by atoms with Crippen LogP contribution in [0, 0.1) is 17.8 Å². The van der Waals surface area contributed by atoms with Gasteiger partial charge in [-0.2, -0.15) is 0 Å². The van der Waals surface area contributed by atoms with E-state index in [9.17, 15) is 0 Å². The summed E-state index contributed by atoms with van der Waals surface area (Å²) in [6, 6.07) is 18.1. The Kier molecular flexibility index (Phi) is 4.15. The average Bonchev–Trinajstić information content (AvgIpc) is 3.13. The molecule has 5 rings (SSSR count). The fraction of sp³-hybridized carbons (Fsp3) is 0.360. The molecule has 0 radical (unpaired) electrons. The predicted octanol–water partition coefficient (Wildman–Crippen LogP) is 6.77. The summed E-state index contributed by atoms with van der Waals surface area (Å²) in [5, 5.41) is 0. The van der Waals surface area contributed by atoms with Crippen LogP contribution in [0.1, 0.15) is 44.7 Å². The second-order valence-corrected chi connectivity index (χ2v) is 8.41. The van der Waals surface area contributed by atoms with Gasteiger partial charge in [0, 0.05) is 5.41 Å². The number of fused-ring (bicyclic) bond motifs is 6. The van der Waals surface area contributed by atoms with Gasteiger partial charge in [-0.15, -0.1) is 0 Å². The lowest BCUT2D eigenvalue weighted by atomic mass is 9.76. The lowest BCUT2D eigenvalue weighted by Crippen LogP contribution is -2.21. The van der Waals surface area contributed by atoms with Gasteiger partial charge >= 0.3 is 0 Å². The van der Waals surface area contributed by atoms with E-state index >= 15 is 0 Å². The van der Waals surface area contributed by atoms with Crippen molar-refractivity contribution in [3.8, 4) is 11.1 Å². The zero-order valence-corrected chi connectivity index (χ0v) is 15.6. The van der Waals surface area contributed by atoms with Gasteiger partial charge in [0.1, 0.15) is 0 Å². The van der Waals surface area contributed by atoms with Crippen LogP contribution in [0.5, 0.6) is 0 Å². The van der Waals surface area contributed by atoms with Gasteiger partial charge < -0.3 is 0 Å². The Bertz CT molecular complexity index is 751. The fourth-order valence-electron chi connectivity index (χ4n) is 4.88. The lowest BCUT2D eigenvalue weighted by Gasteiger charge is -2.27. The van der Waals surface area contributed by atoms with Crippen LogP contribution in [-0.2, 0) is 5.41 Å². The van der Waals surface area contributed by atoms with Gasteiger partial charge in [-0.1, -0.05) is 93.6 Å². The minimum atomic E-state index is 0.238. The molecular formula is C25H28. The first-order chi connectivity index (χ1) is 12.1. The van der Waals surface area contributed by atoms with Crippen LogP contribution in [0.25, 0.3) is 11.1 Å². The molecule has 0 heterocycles. The first-order valence-electron chi connectivity index (χ1n) is 9.66. The summed E-state index contributed by atoms with van der Waals surface area (Å²) >= 11 is 0. The van der Waals surface area contributed by atoms with Crippen LogP contribution in [0.15, 0.2) is 72.8 Å². The first-order valence-corrected chi connectivity index (χ1v) is 9.66. The van der Waals surface area contributed by atoms with Crippen molar-refractivity contribution in [1.82, 2.24) is 0 Å². The molecule has 1 fully saturated rings. The molecule has 2 aromatic carbocycles. The maximum absolute atomic E-state index is 2.42. The summed E-state index contributed by atoms with van der Waals surface area (Å²) in [6.45, 7) is 6.50. The quantitative estimate of drug-likeness (QED) is 0.500. The van der Waals surface area contributed by atoms with E-state index in [1.54, 1.807) is 11.1 Å². The summed E-state index contributed by atoms with van der Waals surface area (Å²) in [4.78, 5) is 0. The number of allylic oxidation sites excluding steroid dienone is 4. The van der Waals surface area contributed by atoms with Crippen molar-refractivity contribution >= 4 is 0 Å². The van der Waals surface area contributed by atoms with E-state index in [0.29, 0.717) is 11.8 Å². The molecular weight excluding hydrogens is 300 g/mol. The van der Waals surface area contributed by atoms with Crippen molar-refractivity contribution < 1.29 is 0 Å². The zero-order valence-electron chi connectivity index (χ0n) is 15.6. The van der Waals surface area contributed by atoms with Crippen molar-refractivity contribution in [3.05, 3.63) is 84.0 Å². The van der Waals surface area contributed by atoms with Gasteiger partial charge in [0.25, 0.3) is 0 Å². The molecule has 0 aromatic heterocycles. The van der Waals surface area contributed by atoms with Gasteiger partial charge in [0.2, 0.25) is 0 Å². The normalized spacial score (nSPS) is 23.8. The Labute approximate surface area is 152 Å². The second kappa shape index (κ2) is 6.33. The van der Waals surface area contributed by atoms with Crippen LogP contribution in [0.4, 0.5) is 0 Å². The predicted molar refractivity (Wildman–Crippen MR) is 108 cm³/mol. The van der Waals surface area contributed by atoms with E-state index in [1.165, 1.54) is 24.0 Å². The number of hydrogen-bond donors (Lipinski definition) is 0. The van der Waals surface area contributed by atoms with Gasteiger partial charge in [0.15, 0.2) is 0 Å². The van der Waals surface area contributed by atoms with E-state index in [-0.39, 0.29) is 5.41 Å². The van der Waals surface area contributed by atoms with Gasteiger partial charge in [-0.05, 0) is 52.8 Å². The summed E-state index contributed by atoms with van der Waals surface area (Å²) in [7, 11) is 0. The van der Waals surface area contributed by atoms with Crippen LogP contribution < -0.4 is 0 Å². The molecule has 0 amide bonds. The highest BCUT2D eigenvalue weighted by atomic mass is 14.5. The van der Waals surface area contributed by atoms with Crippen molar-refractivity contribution in [2.75, 3.05) is 0 Å². The number of rotatable bonds is 0. The van der Waals surface area contributed by atoms with Crippen molar-refractivity contribution in [2.45, 2.75) is 39.0 Å². The fourth-order valence-corrected chi connectivity index (χ4v) is 4.88. The lowest BCUT2D eigenvalue weighted by molar-refractivity contribution is 0.530. The average molecular weight is 328 g/mol. The Balaban J connectivity index is 0.000000358. The Morgan fingerprint density at radius 1 is 0.720 bits per heavy atom. The van der Waals surface area contributed by atoms with E-state index < -0.39 is 0 Å². The molecule has 1 saturated carbocycles. The molecule has 2 atom stereocenters. The first kappa shape index (κ1) is 16.4. The molecule has 25 heavy (non-hydrogen) atoms. The summed E-state index contributed by atoms with van der Waals surface area (Å²) in [5.41, 5.74) is 6.27. The molecule has 0 nitrogen and oxygen atoms in total. The molecule has 2 unspecified atom stereocenters. The maximum atomic E-state index is 2.42. The highest BCUT2D eigenvalue weighted by Gasteiger charge is 2.50. The molecule has 128 valence electrons. The van der Waals surface area contributed by atoms with E-state index in [0.717, 1.165) is 5.92 Å². The third kappa shape index (κ3) is 2.68. The van der Waals surface area contributed by atoms with Gasteiger partial charge in [-0.25, -0.2) is 0 Å². The highest BCUT2D eigenvalue weighted by Crippen LogP contribution is 2.60. The Hall–Kier alpha value is -2.08. The topological polar surface area (TPSA) is 0 Å². The molecule has 2 aromatic rings. The maximum Gasteiger partial charge on any atom is 0.0226 e. The van der Waals surface area contributed by atoms with E-state index in [2.05, 4.69) is 93.6 Å². The Morgan fingerprint density at radius 2 is 1.12 bits per heavy atom. The van der Waals surface area contributed by atoms with Gasteiger partial charge in [0.05, 0.1) is 0 Å². The van der Waals surface area contributed by atoms with Crippen LogP contribution in [0.3, 0.4) is 0 Å². The largest absolute Gasteiger partial charge is 0.0808 e. The third-order valence-corrected chi connectivity index (χ3v) is 5.72. The monoisotopic (exact) mass is 328 g/mol. The van der Waals surface area contributed by atoms with Crippen LogP contribution >= 0.6 is 0 Å². The smallest absolute Gasteiger partial charge is 0.0226 e. The summed E-state index contributed by atoms with van der Waals surface area (Å²) in [6.07, 6.45) is 11.8. The highest BCUT2D eigenvalue weighted by molar-refractivity contribution is 5.81. The summed E-state index contributed by atoms with van der Waals surface area (Å²) in [5.74, 6) is 2.24. The second-order valence-electron chi connectivity index (χ2n) is 8.41. The molecule has 0 bridgehead atoms. The van der Waals surface area contributed by atoms with E-state index in [4.69, 9.17) is 0 Å². The van der Waals surface area contributed by atoms with Crippen LogP contribution in [-0.4, -0.2) is 0 Å². The SMILES string of the molecule is C1=CC2CC3(CC2C=C1)c1ccccc1-c1ccccc13.CC(C)C. The number of benzene rings is 2. The molecule has 3 aliphatic carbocycles. The summed E-state index contributed by atoms with van der Waals surface area (Å²) < 4.78 is 0. The molecule has 1 spiro atoms. The number of hydrogen-bond acceptors (Lipinski definition) is 0. The van der Waals surface area contributed by atoms with E-state index in [1.807, 2.05) is 0 Å². The zero-order chi connectivity index (χ0) is 17.4. The molecule has 0 saturated heterocycles. The minimum Gasteiger partial charge on any atom is -0.0808 e. The molecule has 0 heteroatoms. The molecule has 0 aliphatic heterocycles. The van der Waals surface area contributed by atoms with Crippen molar-refractivity contribution in [2.24, 2.45) is 17.8 Å². The van der Waals surface area contributed by atoms with Crippen LogP contribution in [0.2, 0.25) is 0 Å². The van der Waals surface area contributed by atoms with Crippen molar-refractivity contribution in [1.29, 1.82) is 0 Å². The molecule has 0 N–H and O–H groups in total. The minimum absolute atomic E-state index is 0.238. The van der Waals surface area contributed by atoms with Gasteiger partial charge in [-0.3, -0.25) is 0 Å². The molecule has 3 aliphatic rings.